The molecule has 0 N–H and O–H groups in total. The van der Waals surface area contributed by atoms with E-state index >= 15 is 0 Å². The Balaban J connectivity index is 2.30. The van der Waals surface area contributed by atoms with E-state index in [0.29, 0.717) is 11.3 Å². The third-order valence-corrected chi connectivity index (χ3v) is 4.58. The normalized spacial score (nSPS) is 11.6. The van der Waals surface area contributed by atoms with Crippen LogP contribution in [-0.4, -0.2) is 13.1 Å². The van der Waals surface area contributed by atoms with Crippen LogP contribution in [0.4, 0.5) is 0 Å². The molecular formula is C20H21IO3. The molecule has 2 aromatic rings. The van der Waals surface area contributed by atoms with E-state index in [-0.39, 0.29) is 5.97 Å². The first kappa shape index (κ1) is 18.5. The van der Waals surface area contributed by atoms with Gasteiger partial charge in [-0.2, -0.15) is 0 Å². The first-order valence-electron chi connectivity index (χ1n) is 7.96. The zero-order chi connectivity index (χ0) is 17.4. The molecule has 126 valence electrons. The monoisotopic (exact) mass is 436 g/mol. The van der Waals surface area contributed by atoms with Crippen LogP contribution in [0.5, 0.6) is 5.75 Å². The largest absolute Gasteiger partial charge is 0.497 e. The van der Waals surface area contributed by atoms with Gasteiger partial charge in [0.25, 0.3) is 0 Å². The average Bonchev–Trinajstić information content (AvgIpc) is 2.64. The van der Waals surface area contributed by atoms with Crippen LogP contribution in [0.25, 0.3) is 5.76 Å². The maximum absolute atomic E-state index is 12.4. The lowest BCUT2D eigenvalue weighted by molar-refractivity contribution is 0.0691. The molecule has 0 bridgehead atoms. The highest BCUT2D eigenvalue weighted by Gasteiger charge is 2.15. The highest BCUT2D eigenvalue weighted by Crippen LogP contribution is 2.30. The molecule has 4 heteroatoms. The number of hydrogen-bond acceptors (Lipinski definition) is 3. The molecule has 0 aromatic heterocycles. The molecule has 0 spiro atoms. The second-order valence-corrected chi connectivity index (χ2v) is 6.62. The lowest BCUT2D eigenvalue weighted by Gasteiger charge is -2.13. The number of halogens is 1. The van der Waals surface area contributed by atoms with Crippen LogP contribution in [0.15, 0.2) is 58.2 Å². The van der Waals surface area contributed by atoms with E-state index in [4.69, 9.17) is 9.47 Å². The molecule has 3 nitrogen and oxygen atoms in total. The van der Waals surface area contributed by atoms with Gasteiger partial charge >= 0.3 is 5.97 Å². The fourth-order valence-corrected chi connectivity index (χ4v) is 2.99. The Morgan fingerprint density at radius 3 is 2.25 bits per heavy atom. The van der Waals surface area contributed by atoms with Crippen LogP contribution in [0.2, 0.25) is 0 Å². The zero-order valence-electron chi connectivity index (χ0n) is 13.9. The Bertz CT molecular complexity index is 691. The molecule has 0 fully saturated rings. The number of rotatable bonds is 7. The molecule has 24 heavy (non-hydrogen) atoms. The minimum Gasteiger partial charge on any atom is -0.497 e. The Hall–Kier alpha value is -1.82. The molecule has 2 rings (SSSR count). The topological polar surface area (TPSA) is 35.5 Å². The van der Waals surface area contributed by atoms with Crippen molar-refractivity contribution in [3.05, 3.63) is 69.3 Å². The number of ether oxygens (including phenoxy) is 2. The predicted molar refractivity (Wildman–Crippen MR) is 105 cm³/mol. The maximum atomic E-state index is 12.4. The molecule has 0 heterocycles. The van der Waals surface area contributed by atoms with Gasteiger partial charge in [0, 0.05) is 9.14 Å². The van der Waals surface area contributed by atoms with Crippen molar-refractivity contribution < 1.29 is 14.3 Å². The smallest absolute Gasteiger partial charge is 0.343 e. The number of benzene rings is 2. The van der Waals surface area contributed by atoms with Crippen LogP contribution < -0.4 is 4.74 Å². The van der Waals surface area contributed by atoms with Gasteiger partial charge in [-0.05, 0) is 71.8 Å². The third-order valence-electron chi connectivity index (χ3n) is 3.55. The minimum atomic E-state index is -0.341. The Morgan fingerprint density at radius 1 is 1.00 bits per heavy atom. The fraction of sp³-hybridized carbons (Fsp3) is 0.250. The van der Waals surface area contributed by atoms with Crippen LogP contribution >= 0.6 is 22.6 Å². The first-order chi connectivity index (χ1) is 11.7. The maximum Gasteiger partial charge on any atom is 0.343 e. The zero-order valence-corrected chi connectivity index (χ0v) is 16.1. The summed E-state index contributed by atoms with van der Waals surface area (Å²) in [6.45, 7) is 2.15. The van der Waals surface area contributed by atoms with Crippen molar-refractivity contribution in [3.8, 4) is 5.75 Å². The number of unbranched alkanes of at least 4 members (excludes halogenated alkanes) is 1. The summed E-state index contributed by atoms with van der Waals surface area (Å²) in [6, 6.07) is 16.6. The summed E-state index contributed by atoms with van der Waals surface area (Å²) >= 11 is 2.27. The fourth-order valence-electron chi connectivity index (χ4n) is 2.18. The Kier molecular flexibility index (Phi) is 7.31. The number of hydrogen-bond donors (Lipinski definition) is 0. The van der Waals surface area contributed by atoms with E-state index in [1.54, 1.807) is 19.2 Å². The summed E-state index contributed by atoms with van der Waals surface area (Å²) in [5.74, 6) is 1.06. The van der Waals surface area contributed by atoms with Crippen LogP contribution in [0.3, 0.4) is 0 Å². The Labute approximate surface area is 156 Å². The van der Waals surface area contributed by atoms with Gasteiger partial charge in [-0.25, -0.2) is 4.79 Å². The van der Waals surface area contributed by atoms with Gasteiger partial charge < -0.3 is 9.47 Å². The molecule has 0 aliphatic heterocycles. The number of carbonyl (C=O) groups excluding carboxylic acids is 1. The number of allylic oxidation sites excluding steroid dienone is 1. The summed E-state index contributed by atoms with van der Waals surface area (Å²) in [5.41, 5.74) is 1.42. The summed E-state index contributed by atoms with van der Waals surface area (Å²) in [6.07, 6.45) is 3.04. The molecule has 0 atom stereocenters. The van der Waals surface area contributed by atoms with Gasteiger partial charge in [0.05, 0.1) is 12.7 Å². The summed E-state index contributed by atoms with van der Waals surface area (Å²) in [4.78, 5) is 12.4. The van der Waals surface area contributed by atoms with Crippen LogP contribution in [0.1, 0.15) is 42.1 Å². The predicted octanol–water partition coefficient (Wildman–Crippen LogP) is 5.85. The molecule has 0 aliphatic rings. The SMILES string of the molecule is CCCC/C(I)=C(\OC(=O)c1ccccc1)c1ccc(OC)cc1. The van der Waals surface area contributed by atoms with E-state index in [2.05, 4.69) is 29.5 Å². The van der Waals surface area contributed by atoms with E-state index in [9.17, 15) is 4.79 Å². The van der Waals surface area contributed by atoms with Gasteiger partial charge in [0.2, 0.25) is 0 Å². The van der Waals surface area contributed by atoms with Crippen molar-refractivity contribution in [1.29, 1.82) is 0 Å². The summed E-state index contributed by atoms with van der Waals surface area (Å²) in [7, 11) is 1.63. The van der Waals surface area contributed by atoms with E-state index in [1.807, 2.05) is 42.5 Å². The van der Waals surface area contributed by atoms with Gasteiger partial charge in [0.1, 0.15) is 11.5 Å². The van der Waals surface area contributed by atoms with Crippen molar-refractivity contribution in [1.82, 2.24) is 0 Å². The second-order valence-electron chi connectivity index (χ2n) is 5.32. The molecule has 0 saturated carbocycles. The molecule has 0 aliphatic carbocycles. The molecule has 0 amide bonds. The van der Waals surface area contributed by atoms with Gasteiger partial charge in [-0.15, -0.1) is 0 Å². The van der Waals surface area contributed by atoms with E-state index < -0.39 is 0 Å². The lowest BCUT2D eigenvalue weighted by Crippen LogP contribution is -2.05. The van der Waals surface area contributed by atoms with Crippen molar-refractivity contribution in [2.75, 3.05) is 7.11 Å². The van der Waals surface area contributed by atoms with Gasteiger partial charge in [-0.3, -0.25) is 0 Å². The highest BCUT2D eigenvalue weighted by molar-refractivity contribution is 14.1. The first-order valence-corrected chi connectivity index (χ1v) is 9.04. The van der Waals surface area contributed by atoms with Crippen LogP contribution in [-0.2, 0) is 4.74 Å². The van der Waals surface area contributed by atoms with Gasteiger partial charge in [0.15, 0.2) is 0 Å². The number of methoxy groups -OCH3 is 1. The lowest BCUT2D eigenvalue weighted by atomic mass is 10.1. The van der Waals surface area contributed by atoms with Crippen molar-refractivity contribution in [2.24, 2.45) is 0 Å². The van der Waals surface area contributed by atoms with E-state index in [0.717, 1.165) is 34.2 Å². The third kappa shape index (κ3) is 5.09. The number of esters is 1. The molecule has 0 saturated heterocycles. The molecule has 0 unspecified atom stereocenters. The highest BCUT2D eigenvalue weighted by atomic mass is 127. The molecule has 0 radical (unpaired) electrons. The number of carbonyl (C=O) groups is 1. The molecule has 2 aromatic carbocycles. The second kappa shape index (κ2) is 9.47. The average molecular weight is 436 g/mol. The summed E-state index contributed by atoms with van der Waals surface area (Å²) in [5, 5.41) is 0. The molecular weight excluding hydrogens is 415 g/mol. The van der Waals surface area contributed by atoms with Crippen molar-refractivity contribution >= 4 is 34.3 Å². The van der Waals surface area contributed by atoms with Crippen molar-refractivity contribution in [3.63, 3.8) is 0 Å². The van der Waals surface area contributed by atoms with E-state index in [1.165, 1.54) is 0 Å². The quantitative estimate of drug-likeness (QED) is 0.311. The minimum absolute atomic E-state index is 0.341. The Morgan fingerprint density at radius 2 is 1.67 bits per heavy atom. The van der Waals surface area contributed by atoms with Crippen molar-refractivity contribution in [2.45, 2.75) is 26.2 Å². The standard InChI is InChI=1S/C20H21IO3/c1-3-4-10-18(21)19(15-11-13-17(23-2)14-12-15)24-20(22)16-8-6-5-7-9-16/h5-9,11-14H,3-4,10H2,1-2H3/b19-18+. The van der Waals surface area contributed by atoms with Gasteiger partial charge in [-0.1, -0.05) is 31.5 Å². The van der Waals surface area contributed by atoms with Crippen LogP contribution in [0, 0.1) is 0 Å². The summed E-state index contributed by atoms with van der Waals surface area (Å²) < 4.78 is 12.0.